The number of thioether (sulfide) groups is 1. The molecule has 1 amide bonds. The van der Waals surface area contributed by atoms with Crippen LogP contribution in [0.15, 0.2) is 140 Å². The molecule has 0 bridgehead atoms. The van der Waals surface area contributed by atoms with Gasteiger partial charge >= 0.3 is 11.9 Å². The molecule has 1 aliphatic rings. The summed E-state index contributed by atoms with van der Waals surface area (Å²) in [6.45, 7) is 6.10. The van der Waals surface area contributed by atoms with Gasteiger partial charge in [-0.1, -0.05) is 140 Å². The number of esters is 2. The van der Waals surface area contributed by atoms with Crippen LogP contribution in [0.4, 0.5) is 0 Å². The first-order valence-corrected chi connectivity index (χ1v) is 23.5. The van der Waals surface area contributed by atoms with E-state index in [0.717, 1.165) is 16.7 Å². The van der Waals surface area contributed by atoms with Gasteiger partial charge in [0.05, 0.1) is 70.8 Å². The highest BCUT2D eigenvalue weighted by Crippen LogP contribution is 2.49. The fourth-order valence-electron chi connectivity index (χ4n) is 7.81. The predicted octanol–water partition coefficient (Wildman–Crippen LogP) is 8.37. The molecular weight excluding hydrogens is 843 g/mol. The fourth-order valence-corrected chi connectivity index (χ4v) is 9.35. The van der Waals surface area contributed by atoms with E-state index in [1.807, 2.05) is 78.9 Å². The first-order valence-electron chi connectivity index (χ1n) is 22.5. The molecule has 0 saturated carbocycles. The second kappa shape index (κ2) is 27.2. The van der Waals surface area contributed by atoms with E-state index < -0.39 is 16.8 Å². The van der Waals surface area contributed by atoms with Crippen molar-refractivity contribution in [2.75, 3.05) is 85.0 Å². The number of ether oxygens (including phenoxy) is 7. The highest BCUT2D eigenvalue weighted by Gasteiger charge is 2.39. The minimum Gasteiger partial charge on any atom is -0.465 e. The average molecular weight is 904 g/mol. The number of rotatable bonds is 30. The predicted molar refractivity (Wildman–Crippen MR) is 253 cm³/mol. The van der Waals surface area contributed by atoms with E-state index in [-0.39, 0.29) is 43.2 Å². The minimum absolute atomic E-state index is 0.0578. The van der Waals surface area contributed by atoms with Crippen LogP contribution in [-0.2, 0) is 52.3 Å². The molecule has 0 spiro atoms. The Labute approximate surface area is 387 Å². The standard InChI is InChI=1S/C53H61NO10S/c1-2-63-52(57)49(40-65-53(41-17-6-3-7-18-41,42-19-8-4-9-20-42)43-21-10-5-11-22-43)54-50(55)28-30-59-32-34-61-36-38-62-37-35-60-33-31-58-29-16-27-51(56)64-39-48-46-25-14-12-23-44(46)45-24-13-15-26-47(45)48/h3-15,17-26,48-49H,2,16,27-40H2,1H3,(H,54,55). The number of nitrogens with one attached hydrogen (secondary N) is 1. The van der Waals surface area contributed by atoms with Crippen molar-refractivity contribution in [2.45, 2.75) is 42.9 Å². The smallest absolute Gasteiger partial charge is 0.329 e. The zero-order valence-corrected chi connectivity index (χ0v) is 38.1. The molecule has 0 fully saturated rings. The third kappa shape index (κ3) is 14.6. The zero-order chi connectivity index (χ0) is 45.4. The number of fused-ring (bicyclic) bond motifs is 3. The monoisotopic (exact) mass is 903 g/mol. The summed E-state index contributed by atoms with van der Waals surface area (Å²) in [4.78, 5) is 38.8. The van der Waals surface area contributed by atoms with Crippen LogP contribution in [0, 0.1) is 0 Å². The van der Waals surface area contributed by atoms with Gasteiger partial charge in [-0.3, -0.25) is 9.59 Å². The molecule has 0 aliphatic heterocycles. The summed E-state index contributed by atoms with van der Waals surface area (Å²) in [7, 11) is 0. The van der Waals surface area contributed by atoms with Crippen LogP contribution < -0.4 is 5.32 Å². The minimum atomic E-state index is -0.870. The van der Waals surface area contributed by atoms with E-state index in [1.165, 1.54) is 22.3 Å². The van der Waals surface area contributed by atoms with Gasteiger partial charge in [0.1, 0.15) is 12.6 Å². The number of carbonyl (C=O) groups excluding carboxylic acids is 3. The Morgan fingerprint density at radius 3 is 1.45 bits per heavy atom. The van der Waals surface area contributed by atoms with Crippen molar-refractivity contribution in [1.82, 2.24) is 5.32 Å². The fraction of sp³-hybridized carbons (Fsp3) is 0.377. The molecule has 0 radical (unpaired) electrons. The third-order valence-corrected chi connectivity index (χ3v) is 12.6. The highest BCUT2D eigenvalue weighted by atomic mass is 32.2. The van der Waals surface area contributed by atoms with Crippen LogP contribution in [0.1, 0.15) is 59.9 Å². The van der Waals surface area contributed by atoms with Crippen LogP contribution in [0.2, 0.25) is 0 Å². The van der Waals surface area contributed by atoms with Crippen molar-refractivity contribution < 1.29 is 47.5 Å². The Kier molecular flexibility index (Phi) is 20.6. The van der Waals surface area contributed by atoms with Crippen molar-refractivity contribution in [1.29, 1.82) is 0 Å². The Balaban J connectivity index is 0.779. The molecule has 5 aromatic rings. The van der Waals surface area contributed by atoms with Crippen LogP contribution in [0.5, 0.6) is 0 Å². The number of benzene rings is 5. The number of carbonyl (C=O) groups is 3. The molecule has 6 rings (SSSR count). The Morgan fingerprint density at radius 1 is 0.538 bits per heavy atom. The van der Waals surface area contributed by atoms with Crippen molar-refractivity contribution in [3.8, 4) is 11.1 Å². The molecule has 0 saturated heterocycles. The number of hydrogen-bond donors (Lipinski definition) is 1. The summed E-state index contributed by atoms with van der Waals surface area (Å²) in [5, 5.41) is 2.91. The van der Waals surface area contributed by atoms with Crippen LogP contribution in [0.3, 0.4) is 0 Å². The van der Waals surface area contributed by atoms with E-state index in [1.54, 1.807) is 18.7 Å². The normalized spacial score (nSPS) is 12.6. The topological polar surface area (TPSA) is 128 Å². The Morgan fingerprint density at radius 2 is 0.969 bits per heavy atom. The molecule has 11 nitrogen and oxygen atoms in total. The number of hydrogen-bond acceptors (Lipinski definition) is 11. The molecule has 0 heterocycles. The molecule has 1 aliphatic carbocycles. The first kappa shape index (κ1) is 49.1. The lowest BCUT2D eigenvalue weighted by Crippen LogP contribution is -2.45. The van der Waals surface area contributed by atoms with Crippen molar-refractivity contribution in [3.63, 3.8) is 0 Å². The van der Waals surface area contributed by atoms with Gasteiger partial charge in [0.25, 0.3) is 0 Å². The lowest BCUT2D eigenvalue weighted by atomic mass is 9.84. The molecule has 344 valence electrons. The highest BCUT2D eigenvalue weighted by molar-refractivity contribution is 8.00. The maximum absolute atomic E-state index is 13.2. The van der Waals surface area contributed by atoms with Crippen molar-refractivity contribution in [3.05, 3.63) is 167 Å². The SMILES string of the molecule is CCOC(=O)C(CSC(c1ccccc1)(c1ccccc1)c1ccccc1)NC(=O)CCOCCOCCOCCOCCOCCCC(=O)OCC1c2ccccc2-c2ccccc21. The van der Waals surface area contributed by atoms with Crippen LogP contribution >= 0.6 is 11.8 Å². The number of amides is 1. The molecule has 1 atom stereocenters. The van der Waals surface area contributed by atoms with E-state index in [2.05, 4.69) is 66.0 Å². The lowest BCUT2D eigenvalue weighted by molar-refractivity contribution is -0.147. The molecule has 5 aromatic carbocycles. The molecule has 0 aromatic heterocycles. The zero-order valence-electron chi connectivity index (χ0n) is 37.2. The van der Waals surface area contributed by atoms with Crippen molar-refractivity contribution in [2.24, 2.45) is 0 Å². The summed E-state index contributed by atoms with van der Waals surface area (Å²) in [5.74, 6) is -0.672. The molecule has 12 heteroatoms. The molecule has 1 unspecified atom stereocenters. The van der Waals surface area contributed by atoms with Gasteiger partial charge in [-0.25, -0.2) is 4.79 Å². The van der Waals surface area contributed by atoms with Crippen molar-refractivity contribution >= 4 is 29.6 Å². The van der Waals surface area contributed by atoms with Gasteiger partial charge in [-0.2, -0.15) is 0 Å². The lowest BCUT2D eigenvalue weighted by Gasteiger charge is -2.36. The molecule has 1 N–H and O–H groups in total. The quantitative estimate of drug-likeness (QED) is 0.0271. The second-order valence-corrected chi connectivity index (χ2v) is 16.5. The Bertz CT molecular complexity index is 2030. The van der Waals surface area contributed by atoms with Gasteiger partial charge in [0, 0.05) is 31.1 Å². The Hall–Kier alpha value is -5.34. The van der Waals surface area contributed by atoms with Gasteiger partial charge in [-0.15, -0.1) is 11.8 Å². The molecule has 65 heavy (non-hydrogen) atoms. The van der Waals surface area contributed by atoms with E-state index in [4.69, 9.17) is 33.2 Å². The summed E-state index contributed by atoms with van der Waals surface area (Å²) >= 11 is 1.59. The average Bonchev–Trinajstić information content (AvgIpc) is 3.67. The third-order valence-electron chi connectivity index (χ3n) is 10.9. The van der Waals surface area contributed by atoms with Crippen LogP contribution in [-0.4, -0.2) is 109 Å². The maximum Gasteiger partial charge on any atom is 0.329 e. The summed E-state index contributed by atoms with van der Waals surface area (Å²) in [5.41, 5.74) is 8.00. The maximum atomic E-state index is 13.2. The van der Waals surface area contributed by atoms with Gasteiger partial charge in [0.15, 0.2) is 0 Å². The summed E-state index contributed by atoms with van der Waals surface area (Å²) in [6.07, 6.45) is 0.966. The van der Waals surface area contributed by atoms with Crippen LogP contribution in [0.25, 0.3) is 11.1 Å². The summed E-state index contributed by atoms with van der Waals surface area (Å²) in [6, 6.07) is 46.3. The van der Waals surface area contributed by atoms with E-state index >= 15 is 0 Å². The van der Waals surface area contributed by atoms with Gasteiger partial charge in [0.2, 0.25) is 5.91 Å². The molecular formula is C53H61NO10S. The largest absolute Gasteiger partial charge is 0.465 e. The second-order valence-electron chi connectivity index (χ2n) is 15.3. The summed E-state index contributed by atoms with van der Waals surface area (Å²) < 4.78 is 38.4. The van der Waals surface area contributed by atoms with E-state index in [0.29, 0.717) is 78.9 Å². The van der Waals surface area contributed by atoms with Gasteiger partial charge in [-0.05, 0) is 52.3 Å². The first-order chi connectivity index (χ1) is 32.0. The van der Waals surface area contributed by atoms with E-state index in [9.17, 15) is 14.4 Å². The van der Waals surface area contributed by atoms with Gasteiger partial charge < -0.3 is 38.5 Å².